The van der Waals surface area contributed by atoms with Gasteiger partial charge in [0.05, 0.1) is 20.3 Å². The molecule has 1 rings (SSSR count). The molecule has 3 heteroatoms. The number of allylic oxidation sites excluding steroid dienone is 1. The molecule has 1 aromatic rings. The van der Waals surface area contributed by atoms with E-state index in [-0.39, 0.29) is 6.04 Å². The van der Waals surface area contributed by atoms with Crippen LogP contribution in [0.25, 0.3) is 0 Å². The molecule has 94 valence electrons. The van der Waals surface area contributed by atoms with Gasteiger partial charge in [0.15, 0.2) is 0 Å². The highest BCUT2D eigenvalue weighted by atomic mass is 16.5. The van der Waals surface area contributed by atoms with Crippen LogP contribution in [-0.2, 0) is 0 Å². The molecule has 0 aliphatic carbocycles. The van der Waals surface area contributed by atoms with Crippen molar-refractivity contribution in [1.29, 1.82) is 0 Å². The minimum Gasteiger partial charge on any atom is -0.497 e. The fourth-order valence-corrected chi connectivity index (χ4v) is 1.69. The molecule has 0 aliphatic heterocycles. The maximum atomic E-state index is 5.27. The van der Waals surface area contributed by atoms with Gasteiger partial charge in [-0.25, -0.2) is 0 Å². The van der Waals surface area contributed by atoms with E-state index in [9.17, 15) is 0 Å². The molecule has 0 saturated heterocycles. The minimum absolute atomic E-state index is 0.170. The number of likely N-dealkylation sites (N-methyl/N-ethyl adjacent to an activating group) is 1. The zero-order valence-electron chi connectivity index (χ0n) is 11.2. The largest absolute Gasteiger partial charge is 0.497 e. The van der Waals surface area contributed by atoms with Crippen LogP contribution in [0.2, 0.25) is 0 Å². The maximum absolute atomic E-state index is 5.27. The van der Waals surface area contributed by atoms with Gasteiger partial charge in [0.25, 0.3) is 0 Å². The van der Waals surface area contributed by atoms with Crippen molar-refractivity contribution in [3.8, 4) is 11.5 Å². The Morgan fingerprint density at radius 3 is 2.00 bits per heavy atom. The van der Waals surface area contributed by atoms with Gasteiger partial charge in [-0.15, -0.1) is 0 Å². The highest BCUT2D eigenvalue weighted by molar-refractivity contribution is 5.41. The highest BCUT2D eigenvalue weighted by Crippen LogP contribution is 2.27. The lowest BCUT2D eigenvalue weighted by molar-refractivity contribution is 0.392. The molecule has 0 heterocycles. The van der Waals surface area contributed by atoms with Crippen LogP contribution < -0.4 is 14.8 Å². The molecule has 1 atom stereocenters. The summed E-state index contributed by atoms with van der Waals surface area (Å²) in [4.78, 5) is 0. The van der Waals surface area contributed by atoms with E-state index >= 15 is 0 Å². The molecule has 0 amide bonds. The van der Waals surface area contributed by atoms with Crippen molar-refractivity contribution >= 4 is 0 Å². The number of nitrogens with one attached hydrogen (secondary N) is 1. The van der Waals surface area contributed by atoms with Gasteiger partial charge in [-0.2, -0.15) is 0 Å². The molecular weight excluding hydrogens is 214 g/mol. The number of ether oxygens (including phenoxy) is 2. The van der Waals surface area contributed by atoms with Crippen LogP contribution >= 0.6 is 0 Å². The standard InChI is InChI=1S/C14H21NO2/c1-10(2)6-14(15-3)11-7-12(16-4)9-13(8-11)17-5/h6-9,14-15H,1-5H3. The number of methoxy groups -OCH3 is 2. The summed E-state index contributed by atoms with van der Waals surface area (Å²) in [6, 6.07) is 6.08. The van der Waals surface area contributed by atoms with Crippen molar-refractivity contribution in [1.82, 2.24) is 5.32 Å². The summed E-state index contributed by atoms with van der Waals surface area (Å²) in [5.74, 6) is 1.61. The molecule has 0 aromatic heterocycles. The van der Waals surface area contributed by atoms with E-state index in [4.69, 9.17) is 9.47 Å². The van der Waals surface area contributed by atoms with Crippen LogP contribution in [0, 0.1) is 0 Å². The van der Waals surface area contributed by atoms with Crippen molar-refractivity contribution in [2.24, 2.45) is 0 Å². The van der Waals surface area contributed by atoms with Crippen molar-refractivity contribution in [3.63, 3.8) is 0 Å². The van der Waals surface area contributed by atoms with Crippen LogP contribution in [0.15, 0.2) is 29.8 Å². The molecule has 1 unspecified atom stereocenters. The maximum Gasteiger partial charge on any atom is 0.122 e. The molecular formula is C14H21NO2. The second kappa shape index (κ2) is 6.30. The molecule has 1 N–H and O–H groups in total. The van der Waals surface area contributed by atoms with Crippen molar-refractivity contribution in [2.75, 3.05) is 21.3 Å². The molecule has 3 nitrogen and oxygen atoms in total. The number of hydrogen-bond acceptors (Lipinski definition) is 3. The Bertz CT molecular complexity index is 373. The van der Waals surface area contributed by atoms with Crippen molar-refractivity contribution < 1.29 is 9.47 Å². The second-order valence-corrected chi connectivity index (χ2v) is 4.16. The molecule has 1 aromatic carbocycles. The Labute approximate surface area is 103 Å². The fourth-order valence-electron chi connectivity index (χ4n) is 1.69. The van der Waals surface area contributed by atoms with Gasteiger partial charge in [-0.3, -0.25) is 0 Å². The van der Waals surface area contributed by atoms with Gasteiger partial charge in [-0.05, 0) is 38.6 Å². The minimum atomic E-state index is 0.170. The van der Waals surface area contributed by atoms with Gasteiger partial charge >= 0.3 is 0 Å². The van der Waals surface area contributed by atoms with E-state index in [1.807, 2.05) is 25.2 Å². The number of hydrogen-bond donors (Lipinski definition) is 1. The zero-order valence-corrected chi connectivity index (χ0v) is 11.2. The first-order chi connectivity index (χ1) is 8.10. The van der Waals surface area contributed by atoms with Crippen molar-refractivity contribution in [2.45, 2.75) is 19.9 Å². The quantitative estimate of drug-likeness (QED) is 0.796. The van der Waals surface area contributed by atoms with Crippen LogP contribution in [0.1, 0.15) is 25.5 Å². The Morgan fingerprint density at radius 1 is 1.12 bits per heavy atom. The van der Waals surface area contributed by atoms with E-state index in [0.717, 1.165) is 17.1 Å². The summed E-state index contributed by atoms with van der Waals surface area (Å²) >= 11 is 0. The lowest BCUT2D eigenvalue weighted by Crippen LogP contribution is -2.14. The summed E-state index contributed by atoms with van der Waals surface area (Å²) in [5, 5.41) is 3.26. The number of rotatable bonds is 5. The second-order valence-electron chi connectivity index (χ2n) is 4.16. The Hall–Kier alpha value is -1.48. The fraction of sp³-hybridized carbons (Fsp3) is 0.429. The average Bonchev–Trinajstić information content (AvgIpc) is 2.34. The molecule has 0 bridgehead atoms. The molecule has 0 radical (unpaired) electrons. The third-order valence-electron chi connectivity index (χ3n) is 2.54. The Kier molecular flexibility index (Phi) is 5.04. The zero-order chi connectivity index (χ0) is 12.8. The normalized spacial score (nSPS) is 11.8. The van der Waals surface area contributed by atoms with Gasteiger partial charge in [0, 0.05) is 6.07 Å². The Morgan fingerprint density at radius 2 is 1.65 bits per heavy atom. The first-order valence-electron chi connectivity index (χ1n) is 5.66. The van der Waals surface area contributed by atoms with Gasteiger partial charge < -0.3 is 14.8 Å². The van der Waals surface area contributed by atoms with E-state index in [1.54, 1.807) is 14.2 Å². The molecule has 0 aliphatic rings. The van der Waals surface area contributed by atoms with Gasteiger partial charge in [0.2, 0.25) is 0 Å². The lowest BCUT2D eigenvalue weighted by Gasteiger charge is -2.15. The summed E-state index contributed by atoms with van der Waals surface area (Å²) in [6.45, 7) is 4.17. The van der Waals surface area contributed by atoms with Crippen molar-refractivity contribution in [3.05, 3.63) is 35.4 Å². The van der Waals surface area contributed by atoms with E-state index in [0.29, 0.717) is 0 Å². The summed E-state index contributed by atoms with van der Waals surface area (Å²) in [5.41, 5.74) is 2.40. The molecule has 0 fully saturated rings. The molecule has 17 heavy (non-hydrogen) atoms. The lowest BCUT2D eigenvalue weighted by atomic mass is 10.0. The van der Waals surface area contributed by atoms with Crippen LogP contribution in [0.3, 0.4) is 0 Å². The Balaban J connectivity index is 3.14. The summed E-state index contributed by atoms with van der Waals surface area (Å²) in [7, 11) is 5.26. The first-order valence-corrected chi connectivity index (χ1v) is 5.66. The first kappa shape index (κ1) is 13.6. The third-order valence-corrected chi connectivity index (χ3v) is 2.54. The van der Waals surface area contributed by atoms with E-state index < -0.39 is 0 Å². The summed E-state index contributed by atoms with van der Waals surface area (Å²) < 4.78 is 10.5. The van der Waals surface area contributed by atoms with Gasteiger partial charge in [-0.1, -0.05) is 11.6 Å². The van der Waals surface area contributed by atoms with Crippen LogP contribution in [-0.4, -0.2) is 21.3 Å². The van der Waals surface area contributed by atoms with E-state index in [1.165, 1.54) is 5.57 Å². The molecule has 0 saturated carbocycles. The van der Waals surface area contributed by atoms with Crippen LogP contribution in [0.5, 0.6) is 11.5 Å². The topological polar surface area (TPSA) is 30.5 Å². The monoisotopic (exact) mass is 235 g/mol. The third kappa shape index (κ3) is 3.79. The predicted molar refractivity (Wildman–Crippen MR) is 70.8 cm³/mol. The van der Waals surface area contributed by atoms with Gasteiger partial charge in [0.1, 0.15) is 11.5 Å². The SMILES string of the molecule is CNC(C=C(C)C)c1cc(OC)cc(OC)c1. The summed E-state index contributed by atoms with van der Waals surface area (Å²) in [6.07, 6.45) is 2.17. The highest BCUT2D eigenvalue weighted by Gasteiger charge is 2.09. The predicted octanol–water partition coefficient (Wildman–Crippen LogP) is 2.93. The average molecular weight is 235 g/mol. The van der Waals surface area contributed by atoms with E-state index in [2.05, 4.69) is 25.2 Å². The molecule has 0 spiro atoms. The smallest absolute Gasteiger partial charge is 0.122 e. The van der Waals surface area contributed by atoms with Crippen LogP contribution in [0.4, 0.5) is 0 Å². The number of benzene rings is 1.